The van der Waals surface area contributed by atoms with Crippen molar-refractivity contribution in [2.75, 3.05) is 19.0 Å². The number of amides is 3. The Bertz CT molecular complexity index is 1540. The first-order valence-corrected chi connectivity index (χ1v) is 14.5. The highest BCUT2D eigenvalue weighted by Gasteiger charge is 2.37. The van der Waals surface area contributed by atoms with Gasteiger partial charge in [-0.15, -0.1) is 0 Å². The summed E-state index contributed by atoms with van der Waals surface area (Å²) in [6.45, 7) is -0.690. The van der Waals surface area contributed by atoms with E-state index < -0.39 is 35.3 Å². The van der Waals surface area contributed by atoms with Gasteiger partial charge < -0.3 is 14.8 Å². The predicted molar refractivity (Wildman–Crippen MR) is 162 cm³/mol. The third-order valence-corrected chi connectivity index (χ3v) is 8.13. The Labute approximate surface area is 262 Å². The molecule has 1 saturated heterocycles. The summed E-state index contributed by atoms with van der Waals surface area (Å²) >= 11 is 4.72. The molecule has 0 spiro atoms. The Morgan fingerprint density at radius 3 is 2.39 bits per heavy atom. The maximum atomic E-state index is 13.9. The lowest BCUT2D eigenvalue weighted by Crippen LogP contribution is -2.36. The molecule has 214 valence electrons. The molecule has 14 heteroatoms. The number of benzene rings is 3. The molecule has 4 rings (SSSR count). The lowest BCUT2D eigenvalue weighted by atomic mass is 10.1. The van der Waals surface area contributed by atoms with Crippen molar-refractivity contribution < 1.29 is 41.4 Å². The van der Waals surface area contributed by atoms with E-state index in [1.807, 2.05) is 45.2 Å². The Morgan fingerprint density at radius 2 is 1.76 bits per heavy atom. The number of anilines is 1. The molecule has 0 unspecified atom stereocenters. The average molecular weight is 812 g/mol. The van der Waals surface area contributed by atoms with Gasteiger partial charge in [0.05, 0.1) is 30.4 Å². The Balaban J connectivity index is 1.46. The first kappa shape index (κ1) is 31.1. The van der Waals surface area contributed by atoms with Crippen molar-refractivity contribution in [3.8, 4) is 11.5 Å². The van der Waals surface area contributed by atoms with E-state index in [0.29, 0.717) is 46.7 Å². The molecule has 0 aliphatic carbocycles. The van der Waals surface area contributed by atoms with Crippen molar-refractivity contribution in [1.29, 1.82) is 0 Å². The molecule has 1 aliphatic heterocycles. The van der Waals surface area contributed by atoms with Gasteiger partial charge in [0.2, 0.25) is 5.91 Å². The van der Waals surface area contributed by atoms with E-state index in [1.165, 1.54) is 19.3 Å². The maximum absolute atomic E-state index is 13.9. The molecule has 1 fully saturated rings. The van der Waals surface area contributed by atoms with E-state index >= 15 is 0 Å². The number of nitrogens with one attached hydrogen (secondary N) is 1. The van der Waals surface area contributed by atoms with E-state index in [0.717, 1.165) is 12.1 Å². The molecule has 3 amide bonds. The van der Waals surface area contributed by atoms with E-state index in [9.17, 15) is 31.9 Å². The third-order valence-electron chi connectivity index (χ3n) is 5.62. The van der Waals surface area contributed by atoms with Crippen LogP contribution in [-0.4, -0.2) is 35.6 Å². The molecule has 0 saturated carbocycles. The second kappa shape index (κ2) is 13.0. The SMILES string of the molecule is COc1ccc(C(F)(F)F)cc1NC(=O)CN1C(=O)S/C(=C\c2cc(I)c(OCc3ccccc3F)c(I)c2)C1=O. The zero-order valence-corrected chi connectivity index (χ0v) is 26.0. The second-order valence-corrected chi connectivity index (χ2v) is 11.7. The van der Waals surface area contributed by atoms with Crippen LogP contribution in [0.5, 0.6) is 11.5 Å². The smallest absolute Gasteiger partial charge is 0.416 e. The number of thioether (sulfide) groups is 1. The maximum Gasteiger partial charge on any atom is 0.416 e. The van der Waals surface area contributed by atoms with E-state index in [-0.39, 0.29) is 28.8 Å². The fourth-order valence-electron chi connectivity index (χ4n) is 3.67. The van der Waals surface area contributed by atoms with E-state index in [2.05, 4.69) is 5.32 Å². The minimum atomic E-state index is -4.65. The quantitative estimate of drug-likeness (QED) is 0.146. The van der Waals surface area contributed by atoms with Crippen molar-refractivity contribution in [2.24, 2.45) is 0 Å². The minimum absolute atomic E-state index is 0.0192. The number of halogens is 6. The number of nitrogens with zero attached hydrogens (tertiary/aromatic N) is 1. The molecular formula is C27H18F4I2N2O5S. The van der Waals surface area contributed by atoms with Gasteiger partial charge in [-0.05, 0) is 105 Å². The van der Waals surface area contributed by atoms with Crippen LogP contribution in [0.3, 0.4) is 0 Å². The Hall–Kier alpha value is -2.86. The highest BCUT2D eigenvalue weighted by molar-refractivity contribution is 14.1. The molecule has 0 radical (unpaired) electrons. The van der Waals surface area contributed by atoms with Crippen LogP contribution in [0.1, 0.15) is 16.7 Å². The summed E-state index contributed by atoms with van der Waals surface area (Å²) in [7, 11) is 1.23. The Kier molecular flexibility index (Phi) is 9.84. The van der Waals surface area contributed by atoms with Crippen LogP contribution in [0.15, 0.2) is 59.5 Å². The molecule has 0 atom stereocenters. The molecule has 41 heavy (non-hydrogen) atoms. The molecule has 1 aliphatic rings. The van der Waals surface area contributed by atoms with Gasteiger partial charge >= 0.3 is 6.18 Å². The van der Waals surface area contributed by atoms with Crippen molar-refractivity contribution in [3.05, 3.63) is 89.2 Å². The predicted octanol–water partition coefficient (Wildman–Crippen LogP) is 7.32. The molecule has 1 N–H and O–H groups in total. The van der Waals surface area contributed by atoms with E-state index in [4.69, 9.17) is 9.47 Å². The monoisotopic (exact) mass is 812 g/mol. The topological polar surface area (TPSA) is 84.9 Å². The molecule has 0 bridgehead atoms. The minimum Gasteiger partial charge on any atom is -0.495 e. The molecule has 0 aromatic heterocycles. The number of carbonyl (C=O) groups excluding carboxylic acids is 3. The fraction of sp³-hybridized carbons (Fsp3) is 0.148. The first-order chi connectivity index (χ1) is 19.4. The van der Waals surface area contributed by atoms with Crippen LogP contribution < -0.4 is 14.8 Å². The number of rotatable bonds is 8. The number of alkyl halides is 3. The number of hydrogen-bond acceptors (Lipinski definition) is 6. The molecule has 3 aromatic carbocycles. The van der Waals surface area contributed by atoms with Gasteiger partial charge in [0, 0.05) is 5.56 Å². The standard InChI is InChI=1S/C27H18F4I2N2O5S/c1-39-21-7-6-16(27(29,30)31)11-20(21)34-23(36)12-35-25(37)22(41-26(35)38)10-14-8-18(32)24(19(33)9-14)40-13-15-4-2-3-5-17(15)28/h2-11H,12-13H2,1H3,(H,34,36)/b22-10-. The van der Waals surface area contributed by atoms with Gasteiger partial charge in [0.15, 0.2) is 0 Å². The van der Waals surface area contributed by atoms with Gasteiger partial charge in [-0.25, -0.2) is 4.39 Å². The summed E-state index contributed by atoms with van der Waals surface area (Å²) in [5.74, 6) is -1.48. The summed E-state index contributed by atoms with van der Waals surface area (Å²) in [5.41, 5.74) is -0.278. The number of ether oxygens (including phenoxy) is 2. The number of carbonyl (C=O) groups is 3. The normalized spacial score (nSPS) is 14.5. The first-order valence-electron chi connectivity index (χ1n) is 11.5. The molecule has 3 aromatic rings. The van der Waals surface area contributed by atoms with Crippen molar-refractivity contribution in [2.45, 2.75) is 12.8 Å². The zero-order chi connectivity index (χ0) is 29.9. The second-order valence-electron chi connectivity index (χ2n) is 8.42. The Morgan fingerprint density at radius 1 is 1.07 bits per heavy atom. The number of imide groups is 1. The zero-order valence-electron chi connectivity index (χ0n) is 20.9. The van der Waals surface area contributed by atoms with Crippen LogP contribution in [-0.2, 0) is 22.4 Å². The van der Waals surface area contributed by atoms with Crippen molar-refractivity contribution in [1.82, 2.24) is 4.90 Å². The molecular weight excluding hydrogens is 794 g/mol. The lowest BCUT2D eigenvalue weighted by Gasteiger charge is -2.16. The van der Waals surface area contributed by atoms with Gasteiger partial charge in [0.25, 0.3) is 11.1 Å². The van der Waals surface area contributed by atoms with Gasteiger partial charge in [-0.1, -0.05) is 18.2 Å². The van der Waals surface area contributed by atoms with Crippen LogP contribution in [0.25, 0.3) is 6.08 Å². The molecule has 7 nitrogen and oxygen atoms in total. The van der Waals surface area contributed by atoms with E-state index in [1.54, 1.807) is 30.3 Å². The third kappa shape index (κ3) is 7.51. The number of hydrogen-bond donors (Lipinski definition) is 1. The average Bonchev–Trinajstić information content (AvgIpc) is 3.15. The van der Waals surface area contributed by atoms with Crippen LogP contribution in [0, 0.1) is 13.0 Å². The lowest BCUT2D eigenvalue weighted by molar-refractivity contribution is -0.137. The van der Waals surface area contributed by atoms with Crippen LogP contribution >= 0.6 is 56.9 Å². The summed E-state index contributed by atoms with van der Waals surface area (Å²) < 4.78 is 65.5. The summed E-state index contributed by atoms with van der Waals surface area (Å²) in [5, 5.41) is 1.57. The van der Waals surface area contributed by atoms with Crippen LogP contribution in [0.4, 0.5) is 28.0 Å². The fourth-order valence-corrected chi connectivity index (χ4v) is 6.64. The number of methoxy groups -OCH3 is 1. The summed E-state index contributed by atoms with van der Waals surface area (Å²) in [4.78, 5) is 38.8. The summed E-state index contributed by atoms with van der Waals surface area (Å²) in [6, 6.07) is 12.3. The highest BCUT2D eigenvalue weighted by Crippen LogP contribution is 2.37. The largest absolute Gasteiger partial charge is 0.495 e. The van der Waals surface area contributed by atoms with Gasteiger partial charge in [-0.3, -0.25) is 19.3 Å². The summed E-state index contributed by atoms with van der Waals surface area (Å²) in [6.07, 6.45) is -3.16. The van der Waals surface area contributed by atoms with Gasteiger partial charge in [-0.2, -0.15) is 13.2 Å². The van der Waals surface area contributed by atoms with Gasteiger partial charge in [0.1, 0.15) is 30.5 Å². The van der Waals surface area contributed by atoms with Crippen molar-refractivity contribution >= 4 is 85.8 Å². The molecule has 1 heterocycles. The highest BCUT2D eigenvalue weighted by atomic mass is 127. The van der Waals surface area contributed by atoms with Crippen LogP contribution in [0.2, 0.25) is 0 Å². The van der Waals surface area contributed by atoms with Crippen molar-refractivity contribution in [3.63, 3.8) is 0 Å².